The molecule has 3 heterocycles. The molecule has 1 N–H and O–H groups in total. The average Bonchev–Trinajstić information content (AvgIpc) is 3.40. The number of halogens is 3. The van der Waals surface area contributed by atoms with Crippen molar-refractivity contribution in [1.82, 2.24) is 14.8 Å². The average molecular weight is 562 g/mol. The Balaban J connectivity index is 1.29. The molecule has 0 radical (unpaired) electrons. The second kappa shape index (κ2) is 10.1. The second-order valence-corrected chi connectivity index (χ2v) is 11.4. The van der Waals surface area contributed by atoms with Gasteiger partial charge in [-0.25, -0.2) is 13.2 Å². The standard InChI is InChI=1S/C32H30F3N3O3/c1-18-14-23-20-8-6-7-11-26(20)36-28(23)29(38(18)17-32(2,3)35)27-24(33)15-19(16-25(27)34)41-13-12-37-30(39)21-9-4-5-10-22(21)31(37)40/h4-11,15-16,18,29,36H,12-14,17H2,1-3H3/t18-,29-/m1/s1. The number of aromatic amines is 1. The van der Waals surface area contributed by atoms with Crippen LogP contribution in [0.2, 0.25) is 0 Å². The SMILES string of the molecule is C[C@@H]1Cc2c([nH]c3ccccc23)[C@@H](c2c(F)cc(OCCN3C(=O)c4ccccc4C3=O)cc2F)N1CC(C)(C)F. The highest BCUT2D eigenvalue weighted by molar-refractivity contribution is 6.21. The Kier molecular flexibility index (Phi) is 6.65. The molecule has 0 spiro atoms. The van der Waals surface area contributed by atoms with Crippen LogP contribution in [0.25, 0.3) is 10.9 Å². The number of para-hydroxylation sites is 1. The Morgan fingerprint density at radius 3 is 2.22 bits per heavy atom. The third kappa shape index (κ3) is 4.78. The van der Waals surface area contributed by atoms with E-state index < -0.39 is 35.2 Å². The molecule has 6 nitrogen and oxygen atoms in total. The van der Waals surface area contributed by atoms with Gasteiger partial charge in [-0.2, -0.15) is 0 Å². The number of benzene rings is 3. The molecule has 0 saturated heterocycles. The van der Waals surface area contributed by atoms with E-state index in [1.165, 1.54) is 13.8 Å². The first-order chi connectivity index (χ1) is 19.5. The lowest BCUT2D eigenvalue weighted by atomic mass is 9.87. The number of ether oxygens (including phenoxy) is 1. The van der Waals surface area contributed by atoms with Crippen LogP contribution < -0.4 is 4.74 Å². The van der Waals surface area contributed by atoms with E-state index in [2.05, 4.69) is 4.98 Å². The number of alkyl halides is 1. The minimum absolute atomic E-state index is 0.0228. The summed E-state index contributed by atoms with van der Waals surface area (Å²) in [5.74, 6) is -2.59. The molecule has 0 unspecified atom stereocenters. The molecule has 2 aliphatic heterocycles. The Bertz CT molecular complexity index is 1620. The van der Waals surface area contributed by atoms with Crippen LogP contribution in [0, 0.1) is 11.6 Å². The van der Waals surface area contributed by atoms with Crippen molar-refractivity contribution in [2.24, 2.45) is 0 Å². The van der Waals surface area contributed by atoms with Gasteiger partial charge in [0.2, 0.25) is 0 Å². The van der Waals surface area contributed by atoms with Crippen molar-refractivity contribution >= 4 is 22.7 Å². The molecule has 1 aromatic heterocycles. The van der Waals surface area contributed by atoms with Gasteiger partial charge in [-0.05, 0) is 51.0 Å². The zero-order valence-electron chi connectivity index (χ0n) is 23.0. The van der Waals surface area contributed by atoms with Crippen LogP contribution in [0.1, 0.15) is 64.3 Å². The Morgan fingerprint density at radius 1 is 0.976 bits per heavy atom. The van der Waals surface area contributed by atoms with E-state index in [-0.39, 0.29) is 37.1 Å². The van der Waals surface area contributed by atoms with Gasteiger partial charge in [0.15, 0.2) is 0 Å². The molecular weight excluding hydrogens is 531 g/mol. The van der Waals surface area contributed by atoms with Gasteiger partial charge in [0.1, 0.15) is 29.7 Å². The van der Waals surface area contributed by atoms with E-state index in [0.29, 0.717) is 23.2 Å². The van der Waals surface area contributed by atoms with Crippen molar-refractivity contribution in [1.29, 1.82) is 0 Å². The monoisotopic (exact) mass is 561 g/mol. The van der Waals surface area contributed by atoms with Crippen molar-refractivity contribution < 1.29 is 27.5 Å². The highest BCUT2D eigenvalue weighted by Gasteiger charge is 2.41. The molecule has 0 aliphatic carbocycles. The minimum Gasteiger partial charge on any atom is -0.492 e. The number of aromatic nitrogens is 1. The number of amides is 2. The molecule has 3 aromatic carbocycles. The van der Waals surface area contributed by atoms with Crippen molar-refractivity contribution in [3.63, 3.8) is 0 Å². The molecule has 9 heteroatoms. The maximum atomic E-state index is 15.8. The number of fused-ring (bicyclic) bond motifs is 4. The highest BCUT2D eigenvalue weighted by atomic mass is 19.1. The molecule has 4 aromatic rings. The van der Waals surface area contributed by atoms with Gasteiger partial charge in [0.05, 0.1) is 23.7 Å². The highest BCUT2D eigenvalue weighted by Crippen LogP contribution is 2.43. The topological polar surface area (TPSA) is 65.6 Å². The Hall–Kier alpha value is -4.11. The first-order valence-corrected chi connectivity index (χ1v) is 13.6. The summed E-state index contributed by atoms with van der Waals surface area (Å²) < 4.78 is 52.3. The molecule has 0 fully saturated rings. The first kappa shape index (κ1) is 27.1. The predicted octanol–water partition coefficient (Wildman–Crippen LogP) is 6.21. The normalized spacial score (nSPS) is 19.1. The fourth-order valence-corrected chi connectivity index (χ4v) is 6.10. The molecule has 2 aliphatic rings. The van der Waals surface area contributed by atoms with Crippen molar-refractivity contribution in [2.75, 3.05) is 19.7 Å². The van der Waals surface area contributed by atoms with Crippen molar-refractivity contribution in [2.45, 2.75) is 44.9 Å². The van der Waals surface area contributed by atoms with Crippen LogP contribution in [0.5, 0.6) is 5.75 Å². The Labute approximate surface area is 235 Å². The minimum atomic E-state index is -1.60. The molecule has 0 bridgehead atoms. The number of carbonyl (C=O) groups is 2. The van der Waals surface area contributed by atoms with Gasteiger partial charge in [-0.1, -0.05) is 30.3 Å². The summed E-state index contributed by atoms with van der Waals surface area (Å²) in [6.45, 7) is 4.61. The zero-order valence-corrected chi connectivity index (χ0v) is 23.0. The number of hydrogen-bond donors (Lipinski definition) is 1. The lowest BCUT2D eigenvalue weighted by Gasteiger charge is -2.43. The third-order valence-corrected chi connectivity index (χ3v) is 7.86. The quantitative estimate of drug-likeness (QED) is 0.273. The third-order valence-electron chi connectivity index (χ3n) is 7.86. The van der Waals surface area contributed by atoms with Gasteiger partial charge in [-0.3, -0.25) is 19.4 Å². The van der Waals surface area contributed by atoms with E-state index in [1.54, 1.807) is 24.3 Å². The molecule has 41 heavy (non-hydrogen) atoms. The van der Waals surface area contributed by atoms with Gasteiger partial charge in [-0.15, -0.1) is 0 Å². The van der Waals surface area contributed by atoms with Crippen LogP contribution >= 0.6 is 0 Å². The van der Waals surface area contributed by atoms with Crippen LogP contribution in [-0.4, -0.2) is 58.0 Å². The number of nitrogens with zero attached hydrogens (tertiary/aromatic N) is 2. The fraction of sp³-hybridized carbons (Fsp3) is 0.312. The van der Waals surface area contributed by atoms with Gasteiger partial charge >= 0.3 is 0 Å². The molecule has 2 atom stereocenters. The lowest BCUT2D eigenvalue weighted by molar-refractivity contribution is 0.0630. The zero-order chi connectivity index (χ0) is 29.1. The van der Waals surface area contributed by atoms with E-state index in [4.69, 9.17) is 4.74 Å². The summed E-state index contributed by atoms with van der Waals surface area (Å²) in [5, 5.41) is 0.979. The van der Waals surface area contributed by atoms with E-state index in [9.17, 15) is 14.0 Å². The van der Waals surface area contributed by atoms with Gasteiger partial charge < -0.3 is 9.72 Å². The van der Waals surface area contributed by atoms with Gasteiger partial charge in [0, 0.05) is 46.9 Å². The molecular formula is C32H30F3N3O3. The van der Waals surface area contributed by atoms with Crippen molar-refractivity contribution in [3.8, 4) is 5.75 Å². The van der Waals surface area contributed by atoms with Crippen LogP contribution in [-0.2, 0) is 6.42 Å². The second-order valence-electron chi connectivity index (χ2n) is 11.4. The molecule has 212 valence electrons. The van der Waals surface area contributed by atoms with Gasteiger partial charge in [0.25, 0.3) is 11.8 Å². The largest absolute Gasteiger partial charge is 0.492 e. The maximum absolute atomic E-state index is 15.8. The van der Waals surface area contributed by atoms with Crippen LogP contribution in [0.3, 0.4) is 0 Å². The molecule has 2 amide bonds. The van der Waals surface area contributed by atoms with E-state index in [1.807, 2.05) is 36.1 Å². The summed E-state index contributed by atoms with van der Waals surface area (Å²) >= 11 is 0. The van der Waals surface area contributed by atoms with E-state index >= 15 is 8.78 Å². The Morgan fingerprint density at radius 2 is 1.59 bits per heavy atom. The fourth-order valence-electron chi connectivity index (χ4n) is 6.10. The summed E-state index contributed by atoms with van der Waals surface area (Å²) in [6, 6.07) is 15.3. The number of nitrogens with one attached hydrogen (secondary N) is 1. The summed E-state index contributed by atoms with van der Waals surface area (Å²) in [7, 11) is 0. The van der Waals surface area contributed by atoms with Crippen molar-refractivity contribution in [3.05, 3.63) is 100 Å². The predicted molar refractivity (Wildman–Crippen MR) is 149 cm³/mol. The number of rotatable bonds is 7. The summed E-state index contributed by atoms with van der Waals surface area (Å²) in [4.78, 5) is 31.4. The molecule has 6 rings (SSSR count). The first-order valence-electron chi connectivity index (χ1n) is 13.6. The summed E-state index contributed by atoms with van der Waals surface area (Å²) in [6.07, 6.45) is 0.605. The van der Waals surface area contributed by atoms with E-state index in [0.717, 1.165) is 33.5 Å². The maximum Gasteiger partial charge on any atom is 0.261 e. The van der Waals surface area contributed by atoms with Crippen LogP contribution in [0.15, 0.2) is 60.7 Å². The lowest BCUT2D eigenvalue weighted by Crippen LogP contribution is -2.48. The number of imide groups is 1. The number of carbonyl (C=O) groups excluding carboxylic acids is 2. The summed E-state index contributed by atoms with van der Waals surface area (Å²) in [5.41, 5.74) is 1.30. The number of hydrogen-bond acceptors (Lipinski definition) is 4. The smallest absolute Gasteiger partial charge is 0.261 e. The number of H-pyrrole nitrogens is 1. The molecule has 0 saturated carbocycles. The van der Waals surface area contributed by atoms with Crippen LogP contribution in [0.4, 0.5) is 13.2 Å².